The van der Waals surface area contributed by atoms with Crippen molar-refractivity contribution in [2.45, 2.75) is 25.8 Å². The summed E-state index contributed by atoms with van der Waals surface area (Å²) in [6, 6.07) is 7.88. The summed E-state index contributed by atoms with van der Waals surface area (Å²) in [5.41, 5.74) is 14.5. The van der Waals surface area contributed by atoms with Gasteiger partial charge in [0.15, 0.2) is 5.78 Å². The molecule has 0 radical (unpaired) electrons. The largest absolute Gasteiger partial charge is 0.404 e. The van der Waals surface area contributed by atoms with E-state index in [9.17, 15) is 4.79 Å². The third-order valence-corrected chi connectivity index (χ3v) is 3.89. The normalized spacial score (nSPS) is 15.7. The van der Waals surface area contributed by atoms with Crippen LogP contribution in [0, 0.1) is 11.3 Å². The highest BCUT2D eigenvalue weighted by Gasteiger charge is 2.29. The van der Waals surface area contributed by atoms with Gasteiger partial charge in [-0.2, -0.15) is 5.26 Å². The third kappa shape index (κ3) is 2.69. The molecule has 0 amide bonds. The number of carbonyl (C=O) groups excluding carboxylic acids is 1. The number of carbonyl (C=O) groups is 1. The van der Waals surface area contributed by atoms with Gasteiger partial charge >= 0.3 is 0 Å². The molecular formula is C17H17N5O. The predicted octanol–water partition coefficient (Wildman–Crippen LogP) is 1.97. The first-order chi connectivity index (χ1) is 11.0. The molecule has 1 aliphatic carbocycles. The topological polar surface area (TPSA) is 111 Å². The standard InChI is InChI=1S/C17H17N5O/c1-10(23)14(20)7-12(9-19)17-21-15-5-2-11(8-18)6-16(15)22(17)13-3-4-13/h2,5-7,9,13H,3-4,19-20H2,1H3/b12-9+,14-7-. The molecule has 1 saturated carbocycles. The van der Waals surface area contributed by atoms with Crippen LogP contribution in [-0.2, 0) is 4.79 Å². The van der Waals surface area contributed by atoms with Crippen molar-refractivity contribution in [2.75, 3.05) is 0 Å². The lowest BCUT2D eigenvalue weighted by Gasteiger charge is -2.08. The molecule has 3 rings (SSSR count). The third-order valence-electron chi connectivity index (χ3n) is 3.89. The summed E-state index contributed by atoms with van der Waals surface area (Å²) in [5.74, 6) is 0.453. The Morgan fingerprint density at radius 3 is 2.78 bits per heavy atom. The first-order valence-corrected chi connectivity index (χ1v) is 7.37. The number of ketones is 1. The van der Waals surface area contributed by atoms with E-state index in [0.29, 0.717) is 23.0 Å². The molecule has 6 heteroatoms. The maximum Gasteiger partial charge on any atom is 0.175 e. The van der Waals surface area contributed by atoms with E-state index < -0.39 is 0 Å². The Morgan fingerprint density at radius 2 is 2.22 bits per heavy atom. The Kier molecular flexibility index (Phi) is 3.62. The summed E-state index contributed by atoms with van der Waals surface area (Å²) < 4.78 is 2.08. The number of imidazole rings is 1. The second-order valence-electron chi connectivity index (χ2n) is 5.63. The van der Waals surface area contributed by atoms with E-state index in [1.54, 1.807) is 12.1 Å². The molecule has 0 spiro atoms. The van der Waals surface area contributed by atoms with Gasteiger partial charge < -0.3 is 16.0 Å². The van der Waals surface area contributed by atoms with Crippen molar-refractivity contribution in [1.82, 2.24) is 9.55 Å². The molecule has 0 unspecified atom stereocenters. The van der Waals surface area contributed by atoms with Crippen LogP contribution in [0.1, 0.15) is 37.2 Å². The van der Waals surface area contributed by atoms with Crippen molar-refractivity contribution in [1.29, 1.82) is 5.26 Å². The summed E-state index contributed by atoms with van der Waals surface area (Å²) in [4.78, 5) is 16.0. The number of rotatable bonds is 4. The minimum absolute atomic E-state index is 0.133. The number of hydrogen-bond acceptors (Lipinski definition) is 5. The first-order valence-electron chi connectivity index (χ1n) is 7.37. The number of allylic oxidation sites excluding steroid dienone is 3. The van der Waals surface area contributed by atoms with Gasteiger partial charge in [-0.05, 0) is 37.1 Å². The van der Waals surface area contributed by atoms with Crippen LogP contribution < -0.4 is 11.5 Å². The molecule has 0 saturated heterocycles. The van der Waals surface area contributed by atoms with Gasteiger partial charge in [0.1, 0.15) is 5.82 Å². The zero-order valence-corrected chi connectivity index (χ0v) is 12.8. The lowest BCUT2D eigenvalue weighted by molar-refractivity contribution is -0.113. The van der Waals surface area contributed by atoms with Crippen molar-refractivity contribution in [2.24, 2.45) is 11.5 Å². The predicted molar refractivity (Wildman–Crippen MR) is 87.8 cm³/mol. The number of benzene rings is 1. The number of fused-ring (bicyclic) bond motifs is 1. The number of nitriles is 1. The molecule has 23 heavy (non-hydrogen) atoms. The van der Waals surface area contributed by atoms with E-state index in [1.165, 1.54) is 13.1 Å². The molecule has 4 N–H and O–H groups in total. The molecule has 1 heterocycles. The van der Waals surface area contributed by atoms with Crippen LogP contribution in [-0.4, -0.2) is 15.3 Å². The fraction of sp³-hybridized carbons (Fsp3) is 0.235. The fourth-order valence-electron chi connectivity index (χ4n) is 2.52. The summed E-state index contributed by atoms with van der Waals surface area (Å²) in [6.45, 7) is 1.41. The molecule has 2 aromatic rings. The highest BCUT2D eigenvalue weighted by atomic mass is 16.1. The van der Waals surface area contributed by atoms with E-state index in [2.05, 4.69) is 15.6 Å². The summed E-state index contributed by atoms with van der Waals surface area (Å²) >= 11 is 0. The number of aromatic nitrogens is 2. The van der Waals surface area contributed by atoms with Gasteiger partial charge in [-0.1, -0.05) is 0 Å². The number of nitrogens with two attached hydrogens (primary N) is 2. The zero-order chi connectivity index (χ0) is 16.6. The molecule has 0 bridgehead atoms. The van der Waals surface area contributed by atoms with Crippen molar-refractivity contribution in [3.05, 3.63) is 47.6 Å². The van der Waals surface area contributed by atoms with Crippen LogP contribution >= 0.6 is 0 Å². The lowest BCUT2D eigenvalue weighted by atomic mass is 10.2. The van der Waals surface area contributed by atoms with E-state index >= 15 is 0 Å². The number of Topliss-reactive ketones (excluding diaryl/α,β-unsaturated/α-hetero) is 1. The van der Waals surface area contributed by atoms with Crippen molar-refractivity contribution < 1.29 is 4.79 Å². The van der Waals surface area contributed by atoms with E-state index in [1.807, 2.05) is 12.1 Å². The molecule has 1 aromatic carbocycles. The molecule has 116 valence electrons. The van der Waals surface area contributed by atoms with E-state index in [-0.39, 0.29) is 11.5 Å². The monoisotopic (exact) mass is 307 g/mol. The number of hydrogen-bond donors (Lipinski definition) is 2. The SMILES string of the molecule is CC(=O)/C(N)=C/C(=C\N)c1nc2ccc(C#N)cc2n1C1CC1. The van der Waals surface area contributed by atoms with Crippen molar-refractivity contribution >= 4 is 22.4 Å². The molecular weight excluding hydrogens is 290 g/mol. The average Bonchev–Trinajstić information content (AvgIpc) is 3.31. The minimum Gasteiger partial charge on any atom is -0.404 e. The van der Waals surface area contributed by atoms with Crippen molar-refractivity contribution in [3.63, 3.8) is 0 Å². The Hall–Kier alpha value is -3.07. The summed E-state index contributed by atoms with van der Waals surface area (Å²) in [7, 11) is 0. The van der Waals surface area contributed by atoms with E-state index in [0.717, 1.165) is 23.9 Å². The fourth-order valence-corrected chi connectivity index (χ4v) is 2.52. The van der Waals surface area contributed by atoms with Gasteiger partial charge in [-0.25, -0.2) is 4.98 Å². The average molecular weight is 307 g/mol. The molecule has 1 aliphatic rings. The van der Waals surface area contributed by atoms with Crippen LogP contribution in [0.2, 0.25) is 0 Å². The van der Waals surface area contributed by atoms with E-state index in [4.69, 9.17) is 16.7 Å². The van der Waals surface area contributed by atoms with Crippen LogP contribution in [0.5, 0.6) is 0 Å². The van der Waals surface area contributed by atoms with Crippen LogP contribution in [0.3, 0.4) is 0 Å². The Bertz CT molecular complexity index is 894. The zero-order valence-electron chi connectivity index (χ0n) is 12.8. The quantitative estimate of drug-likeness (QED) is 0.662. The maximum absolute atomic E-state index is 11.4. The number of nitrogens with zero attached hydrogens (tertiary/aromatic N) is 3. The molecule has 0 atom stereocenters. The second-order valence-corrected chi connectivity index (χ2v) is 5.63. The lowest BCUT2D eigenvalue weighted by Crippen LogP contribution is -2.09. The highest BCUT2D eigenvalue weighted by molar-refractivity contribution is 5.95. The summed E-state index contributed by atoms with van der Waals surface area (Å²) in [5, 5.41) is 9.11. The second kappa shape index (κ2) is 5.61. The first kappa shape index (κ1) is 14.9. The summed E-state index contributed by atoms with van der Waals surface area (Å²) in [6.07, 6.45) is 5.06. The van der Waals surface area contributed by atoms with Gasteiger partial charge in [0.2, 0.25) is 0 Å². The van der Waals surface area contributed by atoms with Gasteiger partial charge in [-0.3, -0.25) is 4.79 Å². The minimum atomic E-state index is -0.217. The highest BCUT2D eigenvalue weighted by Crippen LogP contribution is 2.40. The van der Waals surface area contributed by atoms with Crippen molar-refractivity contribution in [3.8, 4) is 6.07 Å². The Labute approximate surface area is 133 Å². The molecule has 0 aliphatic heterocycles. The van der Waals surface area contributed by atoms with Crippen LogP contribution in [0.25, 0.3) is 16.6 Å². The maximum atomic E-state index is 11.4. The Morgan fingerprint density at radius 1 is 1.48 bits per heavy atom. The molecule has 6 nitrogen and oxygen atoms in total. The Balaban J connectivity index is 2.21. The van der Waals surface area contributed by atoms with Crippen LogP contribution in [0.4, 0.5) is 0 Å². The van der Waals surface area contributed by atoms with Gasteiger partial charge in [0, 0.05) is 24.7 Å². The van der Waals surface area contributed by atoms with Gasteiger partial charge in [-0.15, -0.1) is 0 Å². The van der Waals surface area contributed by atoms with Gasteiger partial charge in [0.25, 0.3) is 0 Å². The molecule has 1 fully saturated rings. The van der Waals surface area contributed by atoms with Gasteiger partial charge in [0.05, 0.1) is 28.4 Å². The molecule has 1 aromatic heterocycles. The van der Waals surface area contributed by atoms with Crippen LogP contribution in [0.15, 0.2) is 36.2 Å². The smallest absolute Gasteiger partial charge is 0.175 e.